The van der Waals surface area contributed by atoms with E-state index in [1.54, 1.807) is 0 Å². The van der Waals surface area contributed by atoms with Crippen molar-refractivity contribution in [2.45, 2.75) is 106 Å². The van der Waals surface area contributed by atoms with E-state index >= 15 is 0 Å². The van der Waals surface area contributed by atoms with Gasteiger partial charge in [-0.15, -0.1) is 0 Å². The highest BCUT2D eigenvalue weighted by Crippen LogP contribution is 2.39. The highest BCUT2D eigenvalue weighted by molar-refractivity contribution is 5.78. The molecule has 1 saturated carbocycles. The minimum atomic E-state index is -0.463. The summed E-state index contributed by atoms with van der Waals surface area (Å²) in [4.78, 5) is 12.4. The fraction of sp³-hybridized carbons (Fsp3) is 0.864. The molecular weight excluding hydrogens is 296 g/mol. The van der Waals surface area contributed by atoms with Crippen molar-refractivity contribution in [3.63, 3.8) is 0 Å². The van der Waals surface area contributed by atoms with Crippen LogP contribution in [0.25, 0.3) is 0 Å². The lowest BCUT2D eigenvalue weighted by molar-refractivity contribution is -0.160. The van der Waals surface area contributed by atoms with Crippen molar-refractivity contribution in [1.82, 2.24) is 0 Å². The summed E-state index contributed by atoms with van der Waals surface area (Å²) in [5.74, 6) is 0.697. The maximum atomic E-state index is 12.4. The first-order valence-electron chi connectivity index (χ1n) is 9.99. The number of unbranched alkanes of at least 4 members (excludes halogenated alkanes) is 1. The third-order valence-corrected chi connectivity index (χ3v) is 5.41. The molecule has 0 saturated heterocycles. The summed E-state index contributed by atoms with van der Waals surface area (Å²) in [5.41, 5.74) is -0.0898. The summed E-state index contributed by atoms with van der Waals surface area (Å²) in [7, 11) is 0. The molecule has 1 atom stereocenters. The lowest BCUT2D eigenvalue weighted by Crippen LogP contribution is -2.34. The molecule has 1 rings (SSSR count). The van der Waals surface area contributed by atoms with Gasteiger partial charge >= 0.3 is 5.97 Å². The topological polar surface area (TPSA) is 26.3 Å². The standard InChI is InChI=1S/C18H32O2.C4H10/c1-7-13-18(6,8-2)16(19)20-15-11-9-14(10-12-15)17(3,4)5;1-3-4-2/h7,13-15H,8-12H2,1-6H3;3-4H2,1-2H3/b13-7-;. The molecule has 0 aromatic carbocycles. The number of carbonyl (C=O) groups excluding carboxylic acids is 1. The van der Waals surface area contributed by atoms with E-state index in [2.05, 4.69) is 34.6 Å². The molecule has 1 unspecified atom stereocenters. The van der Waals surface area contributed by atoms with E-state index in [0.29, 0.717) is 5.41 Å². The van der Waals surface area contributed by atoms with Crippen LogP contribution < -0.4 is 0 Å². The molecule has 0 aromatic heterocycles. The lowest BCUT2D eigenvalue weighted by Gasteiger charge is -2.37. The predicted molar refractivity (Wildman–Crippen MR) is 105 cm³/mol. The molecule has 0 heterocycles. The Morgan fingerprint density at radius 3 is 1.83 bits per heavy atom. The average molecular weight is 339 g/mol. The second kappa shape index (κ2) is 10.9. The number of allylic oxidation sites excluding steroid dienone is 1. The van der Waals surface area contributed by atoms with Crippen LogP contribution in [0.15, 0.2) is 12.2 Å². The second-order valence-corrected chi connectivity index (χ2v) is 8.52. The van der Waals surface area contributed by atoms with E-state index in [0.717, 1.165) is 25.2 Å². The minimum absolute atomic E-state index is 0.0580. The normalized spacial score (nSPS) is 24.0. The van der Waals surface area contributed by atoms with E-state index in [-0.39, 0.29) is 12.1 Å². The Labute approximate surface area is 151 Å². The van der Waals surface area contributed by atoms with Gasteiger partial charge in [-0.25, -0.2) is 0 Å². The highest BCUT2D eigenvalue weighted by atomic mass is 16.5. The van der Waals surface area contributed by atoms with Crippen LogP contribution in [0, 0.1) is 16.7 Å². The van der Waals surface area contributed by atoms with Crippen LogP contribution in [0.3, 0.4) is 0 Å². The molecule has 0 aliphatic heterocycles. The third-order valence-electron chi connectivity index (χ3n) is 5.41. The molecule has 0 radical (unpaired) electrons. The van der Waals surface area contributed by atoms with Gasteiger partial charge in [0.2, 0.25) is 0 Å². The summed E-state index contributed by atoms with van der Waals surface area (Å²) in [5, 5.41) is 0. The van der Waals surface area contributed by atoms with Crippen molar-refractivity contribution in [1.29, 1.82) is 0 Å². The summed E-state index contributed by atoms with van der Waals surface area (Å²) in [6.45, 7) is 17.3. The maximum absolute atomic E-state index is 12.4. The van der Waals surface area contributed by atoms with E-state index in [9.17, 15) is 4.79 Å². The molecule has 2 nitrogen and oxygen atoms in total. The summed E-state index contributed by atoms with van der Waals surface area (Å²) < 4.78 is 5.77. The molecule has 24 heavy (non-hydrogen) atoms. The fourth-order valence-electron chi connectivity index (χ4n) is 3.03. The zero-order valence-electron chi connectivity index (χ0n) is 17.6. The maximum Gasteiger partial charge on any atom is 0.315 e. The molecular formula is C22H42O2. The Hall–Kier alpha value is -0.790. The van der Waals surface area contributed by atoms with Crippen molar-refractivity contribution in [3.05, 3.63) is 12.2 Å². The van der Waals surface area contributed by atoms with Crippen molar-refractivity contribution < 1.29 is 9.53 Å². The molecule has 1 aliphatic carbocycles. The first-order chi connectivity index (χ1) is 11.1. The summed E-state index contributed by atoms with van der Waals surface area (Å²) >= 11 is 0. The van der Waals surface area contributed by atoms with Gasteiger partial charge in [-0.3, -0.25) is 4.79 Å². The van der Waals surface area contributed by atoms with Crippen LogP contribution in [0.1, 0.15) is 100 Å². The van der Waals surface area contributed by atoms with Crippen LogP contribution in [0.4, 0.5) is 0 Å². The Bertz CT molecular complexity index is 368. The highest BCUT2D eigenvalue weighted by Gasteiger charge is 2.35. The van der Waals surface area contributed by atoms with Gasteiger partial charge in [0, 0.05) is 0 Å². The van der Waals surface area contributed by atoms with E-state index < -0.39 is 5.41 Å². The lowest BCUT2D eigenvalue weighted by atomic mass is 9.72. The zero-order valence-corrected chi connectivity index (χ0v) is 17.6. The van der Waals surface area contributed by atoms with Crippen LogP contribution in [-0.2, 0) is 9.53 Å². The van der Waals surface area contributed by atoms with Gasteiger partial charge in [-0.2, -0.15) is 0 Å². The number of rotatable bonds is 5. The Kier molecular flexibility index (Phi) is 10.6. The van der Waals surface area contributed by atoms with Gasteiger partial charge in [0.05, 0.1) is 5.41 Å². The Balaban J connectivity index is 0.00000118. The van der Waals surface area contributed by atoms with Crippen LogP contribution in [0.5, 0.6) is 0 Å². The van der Waals surface area contributed by atoms with Crippen LogP contribution in [0.2, 0.25) is 0 Å². The molecule has 0 N–H and O–H groups in total. The van der Waals surface area contributed by atoms with Gasteiger partial charge in [0.1, 0.15) is 6.10 Å². The smallest absolute Gasteiger partial charge is 0.315 e. The number of esters is 1. The molecule has 1 fully saturated rings. The SMILES string of the molecule is C/C=C\C(C)(CC)C(=O)OC1CCC(C(C)(C)C)CC1.CCCC. The Morgan fingerprint density at radius 1 is 1.00 bits per heavy atom. The third kappa shape index (κ3) is 7.85. The summed E-state index contributed by atoms with van der Waals surface area (Å²) in [6.07, 6.45) is 11.8. The van der Waals surface area contributed by atoms with Gasteiger partial charge in [0.15, 0.2) is 0 Å². The molecule has 2 heteroatoms. The second-order valence-electron chi connectivity index (χ2n) is 8.52. The monoisotopic (exact) mass is 338 g/mol. The van der Waals surface area contributed by atoms with Crippen molar-refractivity contribution in [2.24, 2.45) is 16.7 Å². The van der Waals surface area contributed by atoms with Crippen LogP contribution >= 0.6 is 0 Å². The fourth-order valence-corrected chi connectivity index (χ4v) is 3.03. The minimum Gasteiger partial charge on any atom is -0.462 e. The summed E-state index contributed by atoms with van der Waals surface area (Å²) in [6, 6.07) is 0. The number of ether oxygens (including phenoxy) is 1. The van der Waals surface area contributed by atoms with E-state index in [4.69, 9.17) is 4.74 Å². The van der Waals surface area contributed by atoms with Gasteiger partial charge in [-0.1, -0.05) is 66.5 Å². The molecule has 0 spiro atoms. The Morgan fingerprint density at radius 2 is 1.50 bits per heavy atom. The molecule has 0 bridgehead atoms. The van der Waals surface area contributed by atoms with E-state index in [1.807, 2.05) is 32.9 Å². The first kappa shape index (κ1) is 23.2. The van der Waals surface area contributed by atoms with Crippen molar-refractivity contribution >= 4 is 5.97 Å². The van der Waals surface area contributed by atoms with E-state index in [1.165, 1.54) is 25.7 Å². The predicted octanol–water partition coefficient (Wildman–Crippen LogP) is 6.93. The van der Waals surface area contributed by atoms with Crippen molar-refractivity contribution in [2.75, 3.05) is 0 Å². The molecule has 0 amide bonds. The van der Waals surface area contributed by atoms with Crippen LogP contribution in [-0.4, -0.2) is 12.1 Å². The number of hydrogen-bond donors (Lipinski definition) is 0. The van der Waals surface area contributed by atoms with Gasteiger partial charge in [-0.05, 0) is 57.3 Å². The largest absolute Gasteiger partial charge is 0.462 e. The quantitative estimate of drug-likeness (QED) is 0.401. The molecule has 1 aliphatic rings. The first-order valence-corrected chi connectivity index (χ1v) is 9.99. The number of hydrogen-bond acceptors (Lipinski definition) is 2. The van der Waals surface area contributed by atoms with Gasteiger partial charge in [0.25, 0.3) is 0 Å². The van der Waals surface area contributed by atoms with Gasteiger partial charge < -0.3 is 4.74 Å². The molecule has 142 valence electrons. The number of carbonyl (C=O) groups is 1. The van der Waals surface area contributed by atoms with Crippen molar-refractivity contribution in [3.8, 4) is 0 Å². The average Bonchev–Trinajstić information content (AvgIpc) is 2.54. The zero-order chi connectivity index (χ0) is 18.8. The molecule has 0 aromatic rings.